The number of aliphatic hydroxyl groups is 1. The fraction of sp³-hybridized carbons (Fsp3) is 0.385. The summed E-state index contributed by atoms with van der Waals surface area (Å²) >= 11 is 0. The topological polar surface area (TPSA) is 77.8 Å². The molecule has 1 aromatic carbocycles. The molecule has 1 amide bonds. The third-order valence-corrected chi connectivity index (χ3v) is 3.07. The number of aliphatic hydroxyl groups excluding tert-OH is 1. The number of carbonyl (C=O) groups is 2. The van der Waals surface area contributed by atoms with Crippen molar-refractivity contribution >= 4 is 11.9 Å². The first-order chi connectivity index (χ1) is 8.59. The standard InChI is InChI=1S/C13H15NO4/c15-9-4-3-7-14(8-9)12(16)10-5-1-2-6-11(10)13(17)18/h1-2,5-6,9,15H,3-4,7-8H2,(H,17,18)/t9-/m0/s1. The highest BCUT2D eigenvalue weighted by Gasteiger charge is 2.25. The lowest BCUT2D eigenvalue weighted by Gasteiger charge is -2.30. The molecule has 0 unspecified atom stereocenters. The van der Waals surface area contributed by atoms with Crippen molar-refractivity contribution in [2.45, 2.75) is 18.9 Å². The summed E-state index contributed by atoms with van der Waals surface area (Å²) in [5.41, 5.74) is 0.182. The molecule has 2 rings (SSSR count). The van der Waals surface area contributed by atoms with E-state index in [1.165, 1.54) is 17.0 Å². The fourth-order valence-corrected chi connectivity index (χ4v) is 2.17. The Bertz CT molecular complexity index is 472. The molecule has 0 saturated carbocycles. The number of likely N-dealkylation sites (tertiary alicyclic amines) is 1. The third kappa shape index (κ3) is 2.51. The molecule has 0 spiro atoms. The Morgan fingerprint density at radius 2 is 1.89 bits per heavy atom. The van der Waals surface area contributed by atoms with Gasteiger partial charge in [0.15, 0.2) is 0 Å². The van der Waals surface area contributed by atoms with Crippen LogP contribution in [-0.4, -0.2) is 46.2 Å². The molecule has 96 valence electrons. The van der Waals surface area contributed by atoms with E-state index in [1.807, 2.05) is 0 Å². The minimum absolute atomic E-state index is 0.00237. The van der Waals surface area contributed by atoms with Crippen molar-refractivity contribution in [3.8, 4) is 0 Å². The molecule has 1 heterocycles. The Morgan fingerprint density at radius 1 is 1.22 bits per heavy atom. The number of hydrogen-bond donors (Lipinski definition) is 2. The van der Waals surface area contributed by atoms with Crippen LogP contribution in [-0.2, 0) is 0 Å². The van der Waals surface area contributed by atoms with E-state index in [0.29, 0.717) is 13.0 Å². The van der Waals surface area contributed by atoms with Crippen LogP contribution in [0.3, 0.4) is 0 Å². The van der Waals surface area contributed by atoms with Crippen molar-refractivity contribution in [1.29, 1.82) is 0 Å². The molecule has 1 saturated heterocycles. The number of carboxylic acids is 1. The van der Waals surface area contributed by atoms with Crippen LogP contribution < -0.4 is 0 Å². The van der Waals surface area contributed by atoms with Gasteiger partial charge >= 0.3 is 5.97 Å². The molecule has 0 aromatic heterocycles. The summed E-state index contributed by atoms with van der Waals surface area (Å²) in [6.07, 6.45) is 0.909. The number of aromatic carboxylic acids is 1. The normalized spacial score (nSPS) is 19.6. The van der Waals surface area contributed by atoms with Crippen molar-refractivity contribution in [3.05, 3.63) is 35.4 Å². The van der Waals surface area contributed by atoms with Gasteiger partial charge in [-0.2, -0.15) is 0 Å². The number of β-amino-alcohol motifs (C(OH)–C–C–N with tert-alkyl or cyclic N) is 1. The smallest absolute Gasteiger partial charge is 0.336 e. The molecular weight excluding hydrogens is 234 g/mol. The molecule has 1 fully saturated rings. The molecule has 18 heavy (non-hydrogen) atoms. The molecule has 2 N–H and O–H groups in total. The largest absolute Gasteiger partial charge is 0.478 e. The SMILES string of the molecule is O=C(O)c1ccccc1C(=O)N1CCC[C@H](O)C1. The number of benzene rings is 1. The van der Waals surface area contributed by atoms with Gasteiger partial charge in [0.2, 0.25) is 0 Å². The monoisotopic (exact) mass is 249 g/mol. The van der Waals surface area contributed by atoms with E-state index in [2.05, 4.69) is 0 Å². The molecule has 0 aliphatic carbocycles. The van der Waals surface area contributed by atoms with Gasteiger partial charge in [0.05, 0.1) is 17.2 Å². The average Bonchev–Trinajstić information content (AvgIpc) is 2.38. The first-order valence-electron chi connectivity index (χ1n) is 5.89. The Morgan fingerprint density at radius 3 is 2.50 bits per heavy atom. The molecule has 0 bridgehead atoms. The molecule has 1 atom stereocenters. The maximum Gasteiger partial charge on any atom is 0.336 e. The molecule has 1 aliphatic rings. The molecule has 1 aliphatic heterocycles. The highest BCUT2D eigenvalue weighted by atomic mass is 16.4. The number of piperidine rings is 1. The average molecular weight is 249 g/mol. The van der Waals surface area contributed by atoms with Crippen molar-refractivity contribution in [1.82, 2.24) is 4.90 Å². The number of nitrogens with zero attached hydrogens (tertiary/aromatic N) is 1. The lowest BCUT2D eigenvalue weighted by atomic mass is 10.0. The van der Waals surface area contributed by atoms with E-state index in [4.69, 9.17) is 5.11 Å². The summed E-state index contributed by atoms with van der Waals surface area (Å²) in [7, 11) is 0. The molecule has 1 aromatic rings. The second kappa shape index (κ2) is 5.18. The molecular formula is C13H15NO4. The summed E-state index contributed by atoms with van der Waals surface area (Å²) < 4.78 is 0. The Labute approximate surface area is 105 Å². The van der Waals surface area contributed by atoms with Crippen LogP contribution in [0.2, 0.25) is 0 Å². The quantitative estimate of drug-likeness (QED) is 0.819. The summed E-state index contributed by atoms with van der Waals surface area (Å²) in [5.74, 6) is -1.44. The Hall–Kier alpha value is -1.88. The second-order valence-corrected chi connectivity index (χ2v) is 4.40. The van der Waals surface area contributed by atoms with E-state index in [-0.39, 0.29) is 23.6 Å². The molecule has 5 nitrogen and oxygen atoms in total. The van der Waals surface area contributed by atoms with Gasteiger partial charge in [-0.05, 0) is 25.0 Å². The highest BCUT2D eigenvalue weighted by Crippen LogP contribution is 2.16. The van der Waals surface area contributed by atoms with Gasteiger partial charge < -0.3 is 15.1 Å². The minimum Gasteiger partial charge on any atom is -0.478 e. The highest BCUT2D eigenvalue weighted by molar-refractivity contribution is 6.04. The maximum atomic E-state index is 12.2. The summed E-state index contributed by atoms with van der Waals surface area (Å²) in [5, 5.41) is 18.6. The predicted molar refractivity (Wildman–Crippen MR) is 64.5 cm³/mol. The zero-order valence-electron chi connectivity index (χ0n) is 9.87. The molecule has 0 radical (unpaired) electrons. The molecule has 5 heteroatoms. The maximum absolute atomic E-state index is 12.2. The predicted octanol–water partition coefficient (Wildman–Crippen LogP) is 0.982. The van der Waals surface area contributed by atoms with Gasteiger partial charge in [-0.1, -0.05) is 12.1 Å². The Balaban J connectivity index is 2.25. The van der Waals surface area contributed by atoms with Crippen molar-refractivity contribution < 1.29 is 19.8 Å². The van der Waals surface area contributed by atoms with Gasteiger partial charge in [0.1, 0.15) is 0 Å². The van der Waals surface area contributed by atoms with Gasteiger partial charge in [0.25, 0.3) is 5.91 Å². The number of amides is 1. The van der Waals surface area contributed by atoms with E-state index < -0.39 is 12.1 Å². The lowest BCUT2D eigenvalue weighted by Crippen LogP contribution is -2.42. The number of hydrogen-bond acceptors (Lipinski definition) is 3. The fourth-order valence-electron chi connectivity index (χ4n) is 2.17. The third-order valence-electron chi connectivity index (χ3n) is 3.07. The van der Waals surface area contributed by atoms with Crippen LogP contribution in [0.4, 0.5) is 0 Å². The first kappa shape index (κ1) is 12.6. The lowest BCUT2D eigenvalue weighted by molar-refractivity contribution is 0.0468. The second-order valence-electron chi connectivity index (χ2n) is 4.40. The van der Waals surface area contributed by atoms with E-state index in [1.54, 1.807) is 12.1 Å². The van der Waals surface area contributed by atoms with Crippen molar-refractivity contribution in [2.75, 3.05) is 13.1 Å². The summed E-state index contributed by atoms with van der Waals surface area (Å²) in [6, 6.07) is 6.15. The van der Waals surface area contributed by atoms with Crippen LogP contribution in [0.1, 0.15) is 33.6 Å². The van der Waals surface area contributed by atoms with Crippen LogP contribution in [0.15, 0.2) is 24.3 Å². The summed E-state index contributed by atoms with van der Waals surface area (Å²) in [6.45, 7) is 0.830. The van der Waals surface area contributed by atoms with E-state index >= 15 is 0 Å². The first-order valence-corrected chi connectivity index (χ1v) is 5.89. The van der Waals surface area contributed by atoms with Gasteiger partial charge in [0, 0.05) is 13.1 Å². The van der Waals surface area contributed by atoms with Crippen molar-refractivity contribution in [2.24, 2.45) is 0 Å². The summed E-state index contributed by atoms with van der Waals surface area (Å²) in [4.78, 5) is 24.8. The minimum atomic E-state index is -1.11. The van der Waals surface area contributed by atoms with Crippen molar-refractivity contribution in [3.63, 3.8) is 0 Å². The van der Waals surface area contributed by atoms with Crippen LogP contribution in [0.5, 0.6) is 0 Å². The number of carboxylic acid groups (broad SMARTS) is 1. The number of rotatable bonds is 2. The number of carbonyl (C=O) groups excluding carboxylic acids is 1. The van der Waals surface area contributed by atoms with Gasteiger partial charge in [-0.15, -0.1) is 0 Å². The zero-order valence-corrected chi connectivity index (χ0v) is 9.87. The van der Waals surface area contributed by atoms with Crippen LogP contribution in [0, 0.1) is 0 Å². The van der Waals surface area contributed by atoms with E-state index in [0.717, 1.165) is 6.42 Å². The zero-order chi connectivity index (χ0) is 13.1. The van der Waals surface area contributed by atoms with Crippen LogP contribution >= 0.6 is 0 Å². The van der Waals surface area contributed by atoms with Gasteiger partial charge in [-0.25, -0.2) is 4.79 Å². The Kier molecular flexibility index (Phi) is 3.62. The van der Waals surface area contributed by atoms with Crippen LogP contribution in [0.25, 0.3) is 0 Å². The van der Waals surface area contributed by atoms with Gasteiger partial charge in [-0.3, -0.25) is 4.79 Å². The van der Waals surface area contributed by atoms with E-state index in [9.17, 15) is 14.7 Å².